The summed E-state index contributed by atoms with van der Waals surface area (Å²) in [5.41, 5.74) is 3.75. The zero-order chi connectivity index (χ0) is 32.2. The molecule has 0 aliphatic carbocycles. The first-order valence-corrected chi connectivity index (χ1v) is 16.2. The number of ether oxygens (including phenoxy) is 4. The van der Waals surface area contributed by atoms with Gasteiger partial charge in [-0.1, -0.05) is 47.6 Å². The molecule has 2 aliphatic heterocycles. The number of anilines is 1. The lowest BCUT2D eigenvalue weighted by molar-refractivity contribution is 0.0869. The van der Waals surface area contributed by atoms with Crippen LogP contribution in [0.15, 0.2) is 24.3 Å². The van der Waals surface area contributed by atoms with Gasteiger partial charge < -0.3 is 28.7 Å². The van der Waals surface area contributed by atoms with Gasteiger partial charge in [0.25, 0.3) is 0 Å². The van der Waals surface area contributed by atoms with E-state index in [9.17, 15) is 4.79 Å². The summed E-state index contributed by atoms with van der Waals surface area (Å²) in [4.78, 5) is 18.8. The van der Waals surface area contributed by atoms with Crippen molar-refractivity contribution in [2.45, 2.75) is 85.6 Å². The summed E-state index contributed by atoms with van der Waals surface area (Å²) in [6.45, 7) is 19.9. The van der Waals surface area contributed by atoms with E-state index in [1.807, 2.05) is 45.0 Å². The highest BCUT2D eigenvalue weighted by Gasteiger charge is 2.48. The van der Waals surface area contributed by atoms with Gasteiger partial charge in [0.05, 0.1) is 51.3 Å². The number of carbonyl (C=O) groups is 1. The lowest BCUT2D eigenvalue weighted by atomic mass is 9.83. The van der Waals surface area contributed by atoms with Crippen LogP contribution in [0.2, 0.25) is 0 Å². The molecule has 0 aromatic heterocycles. The van der Waals surface area contributed by atoms with E-state index in [0.717, 1.165) is 41.4 Å². The molecule has 0 atom stereocenters. The first kappa shape index (κ1) is 33.6. The molecule has 2 aliphatic rings. The van der Waals surface area contributed by atoms with Crippen LogP contribution < -0.4 is 19.1 Å². The molecule has 0 spiro atoms. The van der Waals surface area contributed by atoms with Gasteiger partial charge in [-0.3, -0.25) is 4.79 Å². The van der Waals surface area contributed by atoms with Crippen LogP contribution in [0, 0.1) is 5.82 Å². The Morgan fingerprint density at radius 2 is 1.66 bits per heavy atom. The predicted octanol–water partition coefficient (Wildman–Crippen LogP) is 7.73. The highest BCUT2D eigenvalue weighted by atomic mass is 19.1. The number of benzene rings is 2. The zero-order valence-electron chi connectivity index (χ0n) is 28.2. The number of hydrogen-bond acceptors (Lipinski definition) is 7. The van der Waals surface area contributed by atoms with Gasteiger partial charge in [-0.25, -0.2) is 4.39 Å². The second-order valence-corrected chi connectivity index (χ2v) is 12.5. The minimum atomic E-state index is -0.588. The molecule has 242 valence electrons. The molecule has 0 saturated carbocycles. The molecule has 7 nitrogen and oxygen atoms in total. The molecule has 1 fully saturated rings. The van der Waals surface area contributed by atoms with E-state index < -0.39 is 11.4 Å². The Morgan fingerprint density at radius 3 is 2.20 bits per heavy atom. The number of carbonyl (C=O) groups excluding carboxylic acids is 1. The van der Waals surface area contributed by atoms with Crippen molar-refractivity contribution in [1.82, 2.24) is 4.90 Å². The van der Waals surface area contributed by atoms with Gasteiger partial charge in [-0.15, -0.1) is 0 Å². The van der Waals surface area contributed by atoms with Gasteiger partial charge in [0.15, 0.2) is 23.1 Å². The van der Waals surface area contributed by atoms with Crippen molar-refractivity contribution in [3.8, 4) is 17.2 Å². The van der Waals surface area contributed by atoms with Crippen molar-refractivity contribution in [3.63, 3.8) is 0 Å². The van der Waals surface area contributed by atoms with E-state index in [4.69, 9.17) is 18.9 Å². The van der Waals surface area contributed by atoms with Crippen LogP contribution in [0.4, 0.5) is 10.1 Å². The topological polar surface area (TPSA) is 60.5 Å². The lowest BCUT2D eigenvalue weighted by Gasteiger charge is -2.40. The van der Waals surface area contributed by atoms with E-state index in [1.54, 1.807) is 7.11 Å². The lowest BCUT2D eigenvalue weighted by Crippen LogP contribution is -2.42. The smallest absolute Gasteiger partial charge is 0.197 e. The minimum absolute atomic E-state index is 0.0239. The van der Waals surface area contributed by atoms with Gasteiger partial charge in [0, 0.05) is 35.5 Å². The molecular weight excluding hydrogens is 559 g/mol. The molecule has 2 aromatic rings. The molecule has 2 heterocycles. The molecule has 44 heavy (non-hydrogen) atoms. The molecule has 0 bridgehead atoms. The quantitative estimate of drug-likeness (QED) is 0.228. The Balaban J connectivity index is 1.87. The van der Waals surface area contributed by atoms with Crippen LogP contribution in [0.5, 0.6) is 17.2 Å². The second kappa shape index (κ2) is 13.8. The zero-order valence-corrected chi connectivity index (χ0v) is 28.2. The molecule has 8 heteroatoms. The van der Waals surface area contributed by atoms with Crippen molar-refractivity contribution in [2.75, 3.05) is 58.1 Å². The number of halogens is 1. The van der Waals surface area contributed by atoms with Gasteiger partial charge in [0.2, 0.25) is 0 Å². The summed E-state index contributed by atoms with van der Waals surface area (Å²) in [5.74, 6) is 0.874. The van der Waals surface area contributed by atoms with Crippen molar-refractivity contribution in [3.05, 3.63) is 52.3 Å². The number of nitrogens with zero attached hydrogens (tertiary/aromatic N) is 2. The molecule has 4 rings (SSSR count). The third-order valence-electron chi connectivity index (χ3n) is 8.97. The number of Topliss-reactive ketones (excluding diaryl/α,β-unsaturated/α-hetero) is 1. The van der Waals surface area contributed by atoms with Crippen molar-refractivity contribution in [1.29, 1.82) is 0 Å². The van der Waals surface area contributed by atoms with Crippen LogP contribution in [-0.2, 0) is 15.7 Å². The first-order valence-electron chi connectivity index (χ1n) is 16.2. The van der Waals surface area contributed by atoms with Crippen LogP contribution >= 0.6 is 0 Å². The van der Waals surface area contributed by atoms with Gasteiger partial charge in [0.1, 0.15) is 5.75 Å². The maximum atomic E-state index is 16.5. The van der Waals surface area contributed by atoms with Crippen molar-refractivity contribution < 1.29 is 28.1 Å². The normalized spacial score (nSPS) is 17.2. The number of allylic oxidation sites excluding steroid dienone is 1. The first-order chi connectivity index (χ1) is 21.0. The Labute approximate surface area is 263 Å². The van der Waals surface area contributed by atoms with Crippen LogP contribution in [0.3, 0.4) is 0 Å². The summed E-state index contributed by atoms with van der Waals surface area (Å²) in [6.07, 6.45) is 4.11. The maximum absolute atomic E-state index is 16.5. The third kappa shape index (κ3) is 6.02. The summed E-state index contributed by atoms with van der Waals surface area (Å²) < 4.78 is 39.8. The van der Waals surface area contributed by atoms with Crippen molar-refractivity contribution >= 4 is 17.2 Å². The molecule has 0 N–H and O–H groups in total. The fourth-order valence-electron chi connectivity index (χ4n) is 6.75. The number of fused-ring (bicyclic) bond motifs is 1. The molecule has 1 saturated heterocycles. The van der Waals surface area contributed by atoms with Crippen LogP contribution in [-0.4, -0.2) is 63.9 Å². The van der Waals surface area contributed by atoms with Crippen LogP contribution in [0.25, 0.3) is 5.70 Å². The SMILES string of the molecule is CCC=C1c2c(cc(OCC)c(OCC)c2F)C(CC)(CC)N1CC(=O)c1cc(N2CCOCC2)c(OC)c(C(C)(C)C)c1. The molecule has 0 radical (unpaired) electrons. The second-order valence-electron chi connectivity index (χ2n) is 12.5. The predicted molar refractivity (Wildman–Crippen MR) is 175 cm³/mol. The monoisotopic (exact) mass is 610 g/mol. The third-order valence-corrected chi connectivity index (χ3v) is 8.97. The summed E-state index contributed by atoms with van der Waals surface area (Å²) >= 11 is 0. The summed E-state index contributed by atoms with van der Waals surface area (Å²) in [7, 11) is 1.69. The molecule has 0 unspecified atom stereocenters. The average Bonchev–Trinajstić information content (AvgIpc) is 3.26. The van der Waals surface area contributed by atoms with E-state index in [-0.39, 0.29) is 23.5 Å². The summed E-state index contributed by atoms with van der Waals surface area (Å²) in [6, 6.07) is 5.89. The number of ketones is 1. The highest BCUT2D eigenvalue weighted by Crippen LogP contribution is 2.54. The number of morpholine rings is 1. The van der Waals surface area contributed by atoms with E-state index in [1.165, 1.54) is 0 Å². The number of hydrogen-bond donors (Lipinski definition) is 0. The van der Waals surface area contributed by atoms with Gasteiger partial charge in [-0.05, 0) is 62.3 Å². The van der Waals surface area contributed by atoms with Gasteiger partial charge in [-0.2, -0.15) is 0 Å². The maximum Gasteiger partial charge on any atom is 0.197 e. The number of methoxy groups -OCH3 is 1. The van der Waals surface area contributed by atoms with Gasteiger partial charge >= 0.3 is 0 Å². The molecular formula is C36H51FN2O5. The standard InChI is InChI=1S/C36H51FN2O5/c1-10-15-27-31-25(22-30(43-13-4)34(32(31)37)44-14-5)36(11-2,12-3)39(27)23-29(40)24-20-26(35(6,7)8)33(41-9)28(21-24)38-16-18-42-19-17-38/h15,20-22H,10-14,16-19,23H2,1-9H3. The Bertz CT molecular complexity index is 1370. The average molecular weight is 611 g/mol. The fourth-order valence-corrected chi connectivity index (χ4v) is 6.75. The van der Waals surface area contributed by atoms with E-state index >= 15 is 4.39 Å². The highest BCUT2D eigenvalue weighted by molar-refractivity contribution is 6.00. The fraction of sp³-hybridized carbons (Fsp3) is 0.583. The summed E-state index contributed by atoms with van der Waals surface area (Å²) in [5, 5.41) is 0. The van der Waals surface area contributed by atoms with Crippen LogP contribution in [0.1, 0.15) is 102 Å². The Hall–Kier alpha value is -3.26. The van der Waals surface area contributed by atoms with Crippen molar-refractivity contribution in [2.24, 2.45) is 0 Å². The minimum Gasteiger partial charge on any atom is -0.494 e. The Kier molecular flexibility index (Phi) is 10.5. The largest absolute Gasteiger partial charge is 0.494 e. The van der Waals surface area contributed by atoms with E-state index in [2.05, 4.69) is 44.4 Å². The number of rotatable bonds is 12. The molecule has 2 aromatic carbocycles. The Morgan fingerprint density at radius 1 is 1.00 bits per heavy atom. The van der Waals surface area contributed by atoms with E-state index in [0.29, 0.717) is 62.6 Å². The molecule has 0 amide bonds.